The number of fused-ring (bicyclic) bond motifs is 1. The van der Waals surface area contributed by atoms with Crippen LogP contribution in [-0.4, -0.2) is 54.2 Å². The van der Waals surface area contributed by atoms with Crippen LogP contribution in [-0.2, 0) is 0 Å². The zero-order valence-corrected chi connectivity index (χ0v) is 21.9. The number of nitrogens with one attached hydrogen (secondary N) is 3. The lowest BCUT2D eigenvalue weighted by Crippen LogP contribution is -2.27. The minimum atomic E-state index is -0.864. The number of benzene rings is 3. The van der Waals surface area contributed by atoms with Gasteiger partial charge in [0.2, 0.25) is 0 Å². The van der Waals surface area contributed by atoms with Crippen molar-refractivity contribution in [3.63, 3.8) is 0 Å². The van der Waals surface area contributed by atoms with E-state index in [0.717, 1.165) is 37.2 Å². The summed E-state index contributed by atoms with van der Waals surface area (Å²) in [4.78, 5) is 23.3. The molecule has 4 rings (SSSR count). The predicted molar refractivity (Wildman–Crippen MR) is 148 cm³/mol. The molecule has 11 heteroatoms. The van der Waals surface area contributed by atoms with Crippen molar-refractivity contribution in [2.45, 2.75) is 13.8 Å². The Morgan fingerprint density at radius 2 is 1.67 bits per heavy atom. The molecule has 0 fully saturated rings. The van der Waals surface area contributed by atoms with Crippen LogP contribution in [0.2, 0.25) is 0 Å². The van der Waals surface area contributed by atoms with Gasteiger partial charge in [-0.3, -0.25) is 0 Å². The molecule has 204 valence electrons. The third kappa shape index (κ3) is 7.08. The van der Waals surface area contributed by atoms with Crippen LogP contribution in [0.25, 0.3) is 10.9 Å². The van der Waals surface area contributed by atoms with E-state index in [1.54, 1.807) is 31.4 Å². The van der Waals surface area contributed by atoms with E-state index in [4.69, 9.17) is 9.47 Å². The molecule has 9 nitrogen and oxygen atoms in total. The van der Waals surface area contributed by atoms with Crippen molar-refractivity contribution in [3.8, 4) is 11.5 Å². The van der Waals surface area contributed by atoms with Gasteiger partial charge in [-0.15, -0.1) is 0 Å². The SMILES string of the molecule is CCN(CC)CCOc1cc2ncnc(Nc3ccc(NC(=O)Nc4ccc(F)cc4F)cc3)c2cc1OC. The van der Waals surface area contributed by atoms with Crippen LogP contribution in [0.15, 0.2) is 60.9 Å². The molecule has 0 aliphatic rings. The van der Waals surface area contributed by atoms with Crippen molar-refractivity contribution < 1.29 is 23.0 Å². The summed E-state index contributed by atoms with van der Waals surface area (Å²) in [7, 11) is 1.58. The number of hydrogen-bond donors (Lipinski definition) is 3. The average Bonchev–Trinajstić information content (AvgIpc) is 2.93. The second kappa shape index (κ2) is 12.8. The maximum absolute atomic E-state index is 13.8. The van der Waals surface area contributed by atoms with E-state index < -0.39 is 17.7 Å². The standard InChI is InChI=1S/C28H30F2N6O3/c1-4-36(5-2)12-13-39-26-16-24-21(15-25(26)38-3)27(32-17-31-24)33-19-7-9-20(10-8-19)34-28(37)35-23-11-6-18(29)14-22(23)30/h6-11,14-17H,4-5,12-13H2,1-3H3,(H,31,32,33)(H2,34,35,37). The summed E-state index contributed by atoms with van der Waals surface area (Å²) in [5.74, 6) is 0.158. The molecule has 0 spiro atoms. The lowest BCUT2D eigenvalue weighted by molar-refractivity contribution is 0.217. The summed E-state index contributed by atoms with van der Waals surface area (Å²) in [5, 5.41) is 8.96. The number of ether oxygens (including phenoxy) is 2. The Morgan fingerprint density at radius 1 is 0.923 bits per heavy atom. The zero-order valence-electron chi connectivity index (χ0n) is 21.9. The van der Waals surface area contributed by atoms with Crippen molar-refractivity contribution in [2.24, 2.45) is 0 Å². The first-order valence-corrected chi connectivity index (χ1v) is 12.5. The number of amides is 2. The molecule has 2 amide bonds. The Hall–Kier alpha value is -4.51. The van der Waals surface area contributed by atoms with Gasteiger partial charge in [0, 0.05) is 35.4 Å². The van der Waals surface area contributed by atoms with E-state index in [2.05, 4.69) is 44.7 Å². The Morgan fingerprint density at radius 3 is 2.36 bits per heavy atom. The average molecular weight is 537 g/mol. The van der Waals surface area contributed by atoms with Crippen LogP contribution >= 0.6 is 0 Å². The highest BCUT2D eigenvalue weighted by atomic mass is 19.1. The highest BCUT2D eigenvalue weighted by Crippen LogP contribution is 2.35. The van der Waals surface area contributed by atoms with Gasteiger partial charge >= 0.3 is 6.03 Å². The van der Waals surface area contributed by atoms with E-state index in [1.807, 2.05) is 12.1 Å². The van der Waals surface area contributed by atoms with Crippen LogP contribution in [0.4, 0.5) is 36.5 Å². The van der Waals surface area contributed by atoms with E-state index in [1.165, 1.54) is 6.33 Å². The smallest absolute Gasteiger partial charge is 0.323 e. The normalized spacial score (nSPS) is 10.9. The first kappa shape index (κ1) is 27.5. The molecule has 3 N–H and O–H groups in total. The van der Waals surface area contributed by atoms with E-state index >= 15 is 0 Å². The number of urea groups is 1. The third-order valence-corrected chi connectivity index (χ3v) is 6.07. The van der Waals surface area contributed by atoms with Crippen LogP contribution in [0.5, 0.6) is 11.5 Å². The van der Waals surface area contributed by atoms with Crippen molar-refractivity contribution in [2.75, 3.05) is 49.3 Å². The van der Waals surface area contributed by atoms with Crippen LogP contribution in [0.3, 0.4) is 0 Å². The summed E-state index contributed by atoms with van der Waals surface area (Å²) in [6, 6.07) is 12.8. The number of anilines is 4. The number of methoxy groups -OCH3 is 1. The summed E-state index contributed by atoms with van der Waals surface area (Å²) in [6.45, 7) is 7.47. The Labute approximate surface area is 225 Å². The number of carbonyl (C=O) groups is 1. The van der Waals surface area contributed by atoms with Crippen molar-refractivity contribution >= 4 is 39.8 Å². The minimum Gasteiger partial charge on any atom is -0.493 e. The zero-order chi connectivity index (χ0) is 27.8. The highest BCUT2D eigenvalue weighted by Gasteiger charge is 2.13. The third-order valence-electron chi connectivity index (χ3n) is 6.07. The molecule has 0 aliphatic carbocycles. The first-order chi connectivity index (χ1) is 18.9. The summed E-state index contributed by atoms with van der Waals surface area (Å²) >= 11 is 0. The fourth-order valence-corrected chi connectivity index (χ4v) is 3.91. The molecule has 0 atom stereocenters. The number of hydrogen-bond acceptors (Lipinski definition) is 7. The molecule has 39 heavy (non-hydrogen) atoms. The second-order valence-corrected chi connectivity index (χ2v) is 8.52. The quantitative estimate of drug-likeness (QED) is 0.215. The molecule has 0 aliphatic heterocycles. The van der Waals surface area contributed by atoms with Gasteiger partial charge in [0.05, 0.1) is 18.3 Å². The largest absolute Gasteiger partial charge is 0.493 e. The highest BCUT2D eigenvalue weighted by molar-refractivity contribution is 6.00. The molecule has 0 saturated heterocycles. The molecule has 0 saturated carbocycles. The van der Waals surface area contributed by atoms with E-state index in [-0.39, 0.29) is 5.69 Å². The van der Waals surface area contributed by atoms with Gasteiger partial charge in [-0.05, 0) is 55.6 Å². The molecule has 0 unspecified atom stereocenters. The molecule has 3 aromatic carbocycles. The lowest BCUT2D eigenvalue weighted by Gasteiger charge is -2.19. The Kier molecular flexibility index (Phi) is 9.06. The van der Waals surface area contributed by atoms with Crippen molar-refractivity contribution in [1.82, 2.24) is 14.9 Å². The van der Waals surface area contributed by atoms with Crippen LogP contribution < -0.4 is 25.4 Å². The van der Waals surface area contributed by atoms with Gasteiger partial charge in [0.15, 0.2) is 11.5 Å². The number of likely N-dealkylation sites (N-methyl/N-ethyl adjacent to an activating group) is 1. The number of aromatic nitrogens is 2. The second-order valence-electron chi connectivity index (χ2n) is 8.52. The van der Waals surface area contributed by atoms with Crippen LogP contribution in [0.1, 0.15) is 13.8 Å². The van der Waals surface area contributed by atoms with Gasteiger partial charge in [-0.25, -0.2) is 23.5 Å². The molecule has 0 bridgehead atoms. The summed E-state index contributed by atoms with van der Waals surface area (Å²) < 4.78 is 38.4. The fourth-order valence-electron chi connectivity index (χ4n) is 3.91. The van der Waals surface area contributed by atoms with E-state index in [9.17, 15) is 13.6 Å². The molecular formula is C28H30F2N6O3. The van der Waals surface area contributed by atoms with Gasteiger partial charge in [-0.2, -0.15) is 0 Å². The van der Waals surface area contributed by atoms with E-state index in [0.29, 0.717) is 46.9 Å². The molecule has 0 radical (unpaired) electrons. The summed E-state index contributed by atoms with van der Waals surface area (Å²) in [5.41, 5.74) is 1.75. The maximum atomic E-state index is 13.8. The van der Waals surface area contributed by atoms with Crippen LogP contribution in [0, 0.1) is 11.6 Å². The van der Waals surface area contributed by atoms with Crippen molar-refractivity contribution in [1.29, 1.82) is 0 Å². The number of carbonyl (C=O) groups excluding carboxylic acids is 1. The number of rotatable bonds is 11. The fraction of sp³-hybridized carbons (Fsp3) is 0.250. The molecular weight excluding hydrogens is 506 g/mol. The topological polar surface area (TPSA) is 101 Å². The van der Waals surface area contributed by atoms with Gasteiger partial charge in [0.25, 0.3) is 0 Å². The van der Waals surface area contributed by atoms with Gasteiger partial charge in [-0.1, -0.05) is 13.8 Å². The number of halogens is 2. The molecule has 1 heterocycles. The Bertz CT molecular complexity index is 1430. The summed E-state index contributed by atoms with van der Waals surface area (Å²) in [6.07, 6.45) is 1.46. The molecule has 4 aromatic rings. The van der Waals surface area contributed by atoms with Crippen molar-refractivity contribution in [3.05, 3.63) is 72.6 Å². The van der Waals surface area contributed by atoms with Gasteiger partial charge in [0.1, 0.15) is 30.4 Å². The molecule has 1 aromatic heterocycles. The first-order valence-electron chi connectivity index (χ1n) is 12.5. The van der Waals surface area contributed by atoms with Gasteiger partial charge < -0.3 is 30.3 Å². The lowest BCUT2D eigenvalue weighted by atomic mass is 10.2. The number of nitrogens with zero attached hydrogens (tertiary/aromatic N) is 3. The monoisotopic (exact) mass is 536 g/mol. The predicted octanol–water partition coefficient (Wildman–Crippen LogP) is 6.02. The minimum absolute atomic E-state index is 0.129. The Balaban J connectivity index is 1.43. The maximum Gasteiger partial charge on any atom is 0.323 e.